The van der Waals surface area contributed by atoms with Crippen LogP contribution in [0.3, 0.4) is 0 Å². The Kier molecular flexibility index (Phi) is 7.26. The van der Waals surface area contributed by atoms with Gasteiger partial charge in [0.05, 0.1) is 28.8 Å². The van der Waals surface area contributed by atoms with E-state index in [1.165, 1.54) is 4.90 Å². The van der Waals surface area contributed by atoms with Gasteiger partial charge in [0.1, 0.15) is 11.5 Å². The molecule has 2 aromatic rings. The fourth-order valence-electron chi connectivity index (χ4n) is 3.70. The number of likely N-dealkylation sites (tertiary alicyclic amines) is 1. The van der Waals surface area contributed by atoms with E-state index in [4.69, 9.17) is 32.7 Å². The molecule has 0 bridgehead atoms. The molecule has 31 heavy (non-hydrogen) atoms. The summed E-state index contributed by atoms with van der Waals surface area (Å²) < 4.78 is 10.3. The average molecular weight is 464 g/mol. The van der Waals surface area contributed by atoms with Crippen molar-refractivity contribution in [3.8, 4) is 5.75 Å². The summed E-state index contributed by atoms with van der Waals surface area (Å²) in [6.45, 7) is 2.53. The molecule has 6 nitrogen and oxygen atoms in total. The summed E-state index contributed by atoms with van der Waals surface area (Å²) >= 11 is 12.3. The average Bonchev–Trinajstić information content (AvgIpc) is 3.00. The van der Waals surface area contributed by atoms with Crippen LogP contribution in [0.4, 0.5) is 0 Å². The first-order valence-corrected chi connectivity index (χ1v) is 10.4. The summed E-state index contributed by atoms with van der Waals surface area (Å²) in [5, 5.41) is 11.7. The number of ether oxygens (including phenoxy) is 2. The highest BCUT2D eigenvalue weighted by Crippen LogP contribution is 2.41. The number of hydrogen-bond acceptors (Lipinski definition) is 5. The number of halogens is 2. The molecule has 1 N–H and O–H groups in total. The van der Waals surface area contributed by atoms with Gasteiger partial charge in [0.15, 0.2) is 0 Å². The Morgan fingerprint density at radius 1 is 1.10 bits per heavy atom. The molecule has 1 fully saturated rings. The van der Waals surface area contributed by atoms with E-state index in [1.807, 2.05) is 6.92 Å². The molecule has 8 heteroatoms. The molecule has 1 saturated heterocycles. The zero-order valence-electron chi connectivity index (χ0n) is 17.4. The van der Waals surface area contributed by atoms with E-state index >= 15 is 0 Å². The maximum Gasteiger partial charge on any atom is 0.295 e. The number of hydrogen-bond donors (Lipinski definition) is 1. The monoisotopic (exact) mass is 463 g/mol. The van der Waals surface area contributed by atoms with Crippen LogP contribution in [0.2, 0.25) is 10.0 Å². The third-order valence-corrected chi connectivity index (χ3v) is 5.95. The van der Waals surface area contributed by atoms with E-state index in [9.17, 15) is 14.7 Å². The number of carbonyl (C=O) groups is 2. The van der Waals surface area contributed by atoms with Gasteiger partial charge in [-0.1, -0.05) is 29.3 Å². The van der Waals surface area contributed by atoms with Crippen LogP contribution in [0.15, 0.2) is 42.0 Å². The van der Waals surface area contributed by atoms with Gasteiger partial charge < -0.3 is 19.5 Å². The molecule has 2 aromatic carbocycles. The van der Waals surface area contributed by atoms with E-state index in [1.54, 1.807) is 50.6 Å². The van der Waals surface area contributed by atoms with Gasteiger partial charge >= 0.3 is 0 Å². The fraction of sp³-hybridized carbons (Fsp3) is 0.304. The van der Waals surface area contributed by atoms with Crippen LogP contribution in [0.25, 0.3) is 5.76 Å². The first-order valence-electron chi connectivity index (χ1n) is 9.67. The van der Waals surface area contributed by atoms with Gasteiger partial charge in [-0.25, -0.2) is 0 Å². The third-order valence-electron chi connectivity index (χ3n) is 5.22. The minimum atomic E-state index is -0.797. The zero-order valence-corrected chi connectivity index (χ0v) is 19.0. The van der Waals surface area contributed by atoms with Crippen LogP contribution < -0.4 is 4.74 Å². The van der Waals surface area contributed by atoms with Crippen molar-refractivity contribution in [3.63, 3.8) is 0 Å². The Balaban J connectivity index is 2.15. The quantitative estimate of drug-likeness (QED) is 0.277. The van der Waals surface area contributed by atoms with E-state index < -0.39 is 17.7 Å². The summed E-state index contributed by atoms with van der Waals surface area (Å²) in [5.41, 5.74) is 1.79. The number of nitrogens with zero attached hydrogens (tertiary/aromatic N) is 1. The number of aliphatic hydroxyl groups excluding tert-OH is 1. The van der Waals surface area contributed by atoms with E-state index in [-0.39, 0.29) is 17.9 Å². The number of rotatable bonds is 7. The van der Waals surface area contributed by atoms with Crippen LogP contribution >= 0.6 is 23.2 Å². The first kappa shape index (κ1) is 23.1. The summed E-state index contributed by atoms with van der Waals surface area (Å²) in [6.07, 6.45) is 0.531. The SMILES string of the molecule is COCCCN1C(=O)C(=O)C(=C(O)c2ccc(OC)c(C)c2)[C@H]1c1ccc(Cl)c(Cl)c1. The van der Waals surface area contributed by atoms with E-state index in [0.717, 1.165) is 5.56 Å². The number of carbonyl (C=O) groups excluding carboxylic acids is 2. The number of ketones is 1. The number of aryl methyl sites for hydroxylation is 1. The smallest absolute Gasteiger partial charge is 0.295 e. The molecule has 0 unspecified atom stereocenters. The molecule has 0 spiro atoms. The lowest BCUT2D eigenvalue weighted by molar-refractivity contribution is -0.140. The van der Waals surface area contributed by atoms with Crippen molar-refractivity contribution >= 4 is 40.7 Å². The zero-order chi connectivity index (χ0) is 22.7. The van der Waals surface area contributed by atoms with Crippen LogP contribution in [-0.2, 0) is 14.3 Å². The maximum absolute atomic E-state index is 13.0. The fourth-order valence-corrected chi connectivity index (χ4v) is 4.01. The van der Waals surface area contributed by atoms with Crippen molar-refractivity contribution in [3.05, 3.63) is 68.7 Å². The molecule has 0 radical (unpaired) electrons. The van der Waals surface area contributed by atoms with Gasteiger partial charge in [-0.3, -0.25) is 9.59 Å². The van der Waals surface area contributed by atoms with Gasteiger partial charge in [-0.05, 0) is 54.8 Å². The number of methoxy groups -OCH3 is 2. The molecular formula is C23H23Cl2NO5. The molecular weight excluding hydrogens is 441 g/mol. The highest BCUT2D eigenvalue weighted by atomic mass is 35.5. The lowest BCUT2D eigenvalue weighted by Crippen LogP contribution is -2.31. The standard InChI is InChI=1S/C23H23Cl2NO5/c1-13-11-15(6-8-18(13)31-3)21(27)19-20(14-5-7-16(24)17(25)12-14)26(9-4-10-30-2)23(29)22(19)28/h5-8,11-12,20,27H,4,9-10H2,1-3H3/t20-/m1/s1. The first-order chi connectivity index (χ1) is 14.8. The molecule has 1 aliphatic heterocycles. The Morgan fingerprint density at radius 3 is 2.45 bits per heavy atom. The number of aliphatic hydroxyl groups is 1. The van der Waals surface area contributed by atoms with Crippen LogP contribution in [-0.4, -0.2) is 49.1 Å². The van der Waals surface area contributed by atoms with Crippen molar-refractivity contribution in [2.24, 2.45) is 0 Å². The molecule has 164 valence electrons. The highest BCUT2D eigenvalue weighted by molar-refractivity contribution is 6.46. The number of Topliss-reactive ketones (excluding diaryl/α,β-unsaturated/α-hetero) is 1. The van der Waals surface area contributed by atoms with Gasteiger partial charge in [0.2, 0.25) is 0 Å². The predicted molar refractivity (Wildman–Crippen MR) is 120 cm³/mol. The third kappa shape index (κ3) is 4.56. The van der Waals surface area contributed by atoms with E-state index in [0.29, 0.717) is 39.9 Å². The van der Waals surface area contributed by atoms with Gasteiger partial charge in [0, 0.05) is 25.8 Å². The van der Waals surface area contributed by atoms with Crippen molar-refractivity contribution in [1.82, 2.24) is 4.90 Å². The largest absolute Gasteiger partial charge is 0.507 e. The number of amides is 1. The molecule has 0 aromatic heterocycles. The molecule has 0 saturated carbocycles. The summed E-state index contributed by atoms with van der Waals surface area (Å²) in [7, 11) is 3.12. The molecule has 1 aliphatic rings. The number of benzene rings is 2. The summed E-state index contributed by atoms with van der Waals surface area (Å²) in [4.78, 5) is 27.3. The minimum Gasteiger partial charge on any atom is -0.507 e. The lowest BCUT2D eigenvalue weighted by atomic mass is 9.94. The predicted octanol–water partition coefficient (Wildman–Crippen LogP) is 4.77. The highest BCUT2D eigenvalue weighted by Gasteiger charge is 2.45. The summed E-state index contributed by atoms with van der Waals surface area (Å²) in [5.74, 6) is -1.04. The van der Waals surface area contributed by atoms with Crippen LogP contribution in [0, 0.1) is 6.92 Å². The lowest BCUT2D eigenvalue weighted by Gasteiger charge is -2.25. The summed E-state index contributed by atoms with van der Waals surface area (Å²) in [6, 6.07) is 9.16. The van der Waals surface area contributed by atoms with Crippen LogP contribution in [0.1, 0.15) is 29.2 Å². The second-order valence-corrected chi connectivity index (χ2v) is 8.01. The topological polar surface area (TPSA) is 76.1 Å². The van der Waals surface area contributed by atoms with Gasteiger partial charge in [-0.15, -0.1) is 0 Å². The van der Waals surface area contributed by atoms with Crippen molar-refractivity contribution in [2.45, 2.75) is 19.4 Å². The molecule has 1 amide bonds. The van der Waals surface area contributed by atoms with Crippen molar-refractivity contribution < 1.29 is 24.2 Å². The Bertz CT molecular complexity index is 1050. The molecule has 1 atom stereocenters. The molecule has 1 heterocycles. The van der Waals surface area contributed by atoms with Gasteiger partial charge in [0.25, 0.3) is 11.7 Å². The van der Waals surface area contributed by atoms with E-state index in [2.05, 4.69) is 0 Å². The Morgan fingerprint density at radius 2 is 1.84 bits per heavy atom. The Hall–Kier alpha value is -2.54. The molecule has 3 rings (SSSR count). The van der Waals surface area contributed by atoms with Crippen molar-refractivity contribution in [2.75, 3.05) is 27.4 Å². The second-order valence-electron chi connectivity index (χ2n) is 7.20. The van der Waals surface area contributed by atoms with Crippen molar-refractivity contribution in [1.29, 1.82) is 0 Å². The minimum absolute atomic E-state index is 0.00497. The normalized spacial score (nSPS) is 18.0. The second kappa shape index (κ2) is 9.73. The molecule has 0 aliphatic carbocycles. The van der Waals surface area contributed by atoms with Crippen LogP contribution in [0.5, 0.6) is 5.75 Å². The maximum atomic E-state index is 13.0. The van der Waals surface area contributed by atoms with Gasteiger partial charge in [-0.2, -0.15) is 0 Å². The Labute approximate surface area is 191 Å².